The van der Waals surface area contributed by atoms with Crippen molar-refractivity contribution in [2.75, 3.05) is 0 Å². The van der Waals surface area contributed by atoms with Crippen LogP contribution in [0.2, 0.25) is 0 Å². The van der Waals surface area contributed by atoms with Crippen molar-refractivity contribution in [1.29, 1.82) is 5.26 Å². The van der Waals surface area contributed by atoms with Crippen LogP contribution in [0.25, 0.3) is 0 Å². The van der Waals surface area contributed by atoms with Crippen LogP contribution in [0, 0.1) is 11.3 Å². The van der Waals surface area contributed by atoms with E-state index in [-0.39, 0.29) is 5.75 Å². The highest BCUT2D eigenvalue weighted by molar-refractivity contribution is 5.35. The van der Waals surface area contributed by atoms with E-state index in [2.05, 4.69) is 0 Å². The lowest BCUT2D eigenvalue weighted by Gasteiger charge is -1.87. The van der Waals surface area contributed by atoms with Gasteiger partial charge in [0, 0.05) is 0 Å². The lowest BCUT2D eigenvalue weighted by molar-refractivity contribution is 0.475. The molecule has 9 heavy (non-hydrogen) atoms. The molecule has 44 valence electrons. The molecule has 0 aliphatic heterocycles. The van der Waals surface area contributed by atoms with Crippen molar-refractivity contribution < 1.29 is 5.11 Å². The highest BCUT2D eigenvalue weighted by atomic mass is 16.3. The van der Waals surface area contributed by atoms with Crippen molar-refractivity contribution in [2.45, 2.75) is 0 Å². The van der Waals surface area contributed by atoms with Crippen LogP contribution in [0.3, 0.4) is 0 Å². The molecule has 0 aromatic heterocycles. The van der Waals surface area contributed by atoms with Gasteiger partial charge in [-0.1, -0.05) is 6.07 Å². The number of rotatable bonds is 0. The van der Waals surface area contributed by atoms with E-state index in [0.717, 1.165) is 0 Å². The molecule has 0 fully saturated rings. The maximum Gasteiger partial charge on any atom is 0.116 e. The third-order valence-corrected chi connectivity index (χ3v) is 0.975. The number of phenols is 1. The van der Waals surface area contributed by atoms with Gasteiger partial charge in [-0.15, -0.1) is 0 Å². The average Bonchev–Trinajstić information content (AvgIpc) is 1.88. The molecule has 0 aliphatic rings. The van der Waals surface area contributed by atoms with Crippen molar-refractivity contribution >= 4 is 0 Å². The Hall–Kier alpha value is -1.49. The molecule has 0 saturated carbocycles. The SMILES string of the molecule is [15N]#[13C]c1cccc(O)c1. The summed E-state index contributed by atoms with van der Waals surface area (Å²) in [5.41, 5.74) is 0.481. The van der Waals surface area contributed by atoms with E-state index in [0.29, 0.717) is 5.56 Å². The molecule has 0 spiro atoms. The van der Waals surface area contributed by atoms with Gasteiger partial charge in [-0.3, -0.25) is 0 Å². The summed E-state index contributed by atoms with van der Waals surface area (Å²) in [4.78, 5) is 0. The van der Waals surface area contributed by atoms with Crippen LogP contribution in [0.4, 0.5) is 0 Å². The molecular formula is C7H5NO. The Kier molecular flexibility index (Phi) is 1.37. The van der Waals surface area contributed by atoms with Crippen LogP contribution in [0.15, 0.2) is 24.3 Å². The van der Waals surface area contributed by atoms with Crippen LogP contribution in [0.1, 0.15) is 5.56 Å². The van der Waals surface area contributed by atoms with Crippen molar-refractivity contribution in [3.05, 3.63) is 29.8 Å². The number of hydrogen-bond acceptors (Lipinski definition) is 2. The molecule has 2 heteroatoms. The summed E-state index contributed by atoms with van der Waals surface area (Å²) >= 11 is 0. The number of aromatic hydroxyl groups is 1. The van der Waals surface area contributed by atoms with Gasteiger partial charge in [0.2, 0.25) is 0 Å². The Labute approximate surface area is 53.0 Å². The van der Waals surface area contributed by atoms with Gasteiger partial charge in [0.15, 0.2) is 0 Å². The lowest BCUT2D eigenvalue weighted by atomic mass is 10.3. The van der Waals surface area contributed by atoms with Crippen LogP contribution in [-0.2, 0) is 0 Å². The summed E-state index contributed by atoms with van der Waals surface area (Å²) in [5.74, 6) is 0.133. The molecule has 0 unspecified atom stereocenters. The summed E-state index contributed by atoms with van der Waals surface area (Å²) in [6.45, 7) is 0. The first-order valence-corrected chi connectivity index (χ1v) is 2.52. The zero-order chi connectivity index (χ0) is 6.69. The number of benzene rings is 1. The van der Waals surface area contributed by atoms with Crippen molar-refractivity contribution in [3.8, 4) is 11.8 Å². The molecule has 0 radical (unpaired) electrons. The Morgan fingerprint density at radius 1 is 1.44 bits per heavy atom. The van der Waals surface area contributed by atoms with Crippen LogP contribution in [0.5, 0.6) is 5.75 Å². The third-order valence-electron chi connectivity index (χ3n) is 0.975. The van der Waals surface area contributed by atoms with Crippen molar-refractivity contribution in [3.63, 3.8) is 0 Å². The molecule has 2 nitrogen and oxygen atoms in total. The smallest absolute Gasteiger partial charge is 0.116 e. The van der Waals surface area contributed by atoms with Crippen molar-refractivity contribution in [1.82, 2.24) is 0 Å². The summed E-state index contributed by atoms with van der Waals surface area (Å²) in [6.07, 6.45) is 0. The molecule has 0 saturated heterocycles. The van der Waals surface area contributed by atoms with E-state index in [9.17, 15) is 0 Å². The van der Waals surface area contributed by atoms with Crippen LogP contribution < -0.4 is 0 Å². The van der Waals surface area contributed by atoms with Gasteiger partial charge in [-0.2, -0.15) is 5.26 Å². The molecule has 1 rings (SSSR count). The highest BCUT2D eigenvalue weighted by Gasteiger charge is 1.88. The van der Waals surface area contributed by atoms with Crippen LogP contribution >= 0.6 is 0 Å². The molecule has 0 bridgehead atoms. The zero-order valence-electron chi connectivity index (χ0n) is 4.70. The number of nitrogens with zero attached hydrogens (tertiary/aromatic N) is 1. The molecule has 0 amide bonds. The minimum absolute atomic E-state index is 0.133. The van der Waals surface area contributed by atoms with Gasteiger partial charge >= 0.3 is 0 Å². The number of hydrogen-bond donors (Lipinski definition) is 1. The maximum atomic E-state index is 8.79. The van der Waals surface area contributed by atoms with Crippen LogP contribution in [-0.4, -0.2) is 5.11 Å². The van der Waals surface area contributed by atoms with E-state index in [1.807, 2.05) is 6.07 Å². The minimum atomic E-state index is 0.133. The molecule has 0 heterocycles. The minimum Gasteiger partial charge on any atom is -0.508 e. The molecular weight excluding hydrogens is 116 g/mol. The lowest BCUT2D eigenvalue weighted by Crippen LogP contribution is -1.69. The van der Waals surface area contributed by atoms with Gasteiger partial charge in [0.1, 0.15) is 5.75 Å². The fraction of sp³-hybridized carbons (Fsp3) is 0. The Morgan fingerprint density at radius 3 is 2.67 bits per heavy atom. The predicted molar refractivity (Wildman–Crippen MR) is 32.8 cm³/mol. The second-order valence-electron chi connectivity index (χ2n) is 1.66. The summed E-state index contributed by atoms with van der Waals surface area (Å²) in [5, 5.41) is 17.1. The Balaban J connectivity index is 3.12. The van der Waals surface area contributed by atoms with Gasteiger partial charge < -0.3 is 5.11 Å². The van der Waals surface area contributed by atoms with E-state index in [1.54, 1.807) is 12.1 Å². The molecule has 0 atom stereocenters. The Bertz CT molecular complexity index is 249. The second-order valence-corrected chi connectivity index (χ2v) is 1.66. The first-order chi connectivity index (χ1) is 4.33. The zero-order valence-corrected chi connectivity index (χ0v) is 4.70. The number of nitriles is 1. The van der Waals surface area contributed by atoms with E-state index < -0.39 is 0 Å². The van der Waals surface area contributed by atoms with E-state index in [1.165, 1.54) is 12.1 Å². The summed E-state index contributed by atoms with van der Waals surface area (Å²) < 4.78 is 0. The second kappa shape index (κ2) is 2.19. The van der Waals surface area contributed by atoms with Gasteiger partial charge in [-0.25, -0.2) is 0 Å². The number of phenolic OH excluding ortho intramolecular Hbond substituents is 1. The first-order valence-electron chi connectivity index (χ1n) is 2.52. The predicted octanol–water partition coefficient (Wildman–Crippen LogP) is 1.26. The fourth-order valence-electron chi connectivity index (χ4n) is 0.575. The molecule has 0 aliphatic carbocycles. The summed E-state index contributed by atoms with van der Waals surface area (Å²) in [6, 6.07) is 8.12. The average molecular weight is 121 g/mol. The molecule has 1 aromatic carbocycles. The van der Waals surface area contributed by atoms with Gasteiger partial charge in [0.05, 0.1) is 11.6 Å². The van der Waals surface area contributed by atoms with E-state index in [4.69, 9.17) is 10.4 Å². The monoisotopic (exact) mass is 121 g/mol. The van der Waals surface area contributed by atoms with Gasteiger partial charge in [-0.05, 0) is 18.2 Å². The Morgan fingerprint density at radius 2 is 2.22 bits per heavy atom. The van der Waals surface area contributed by atoms with Gasteiger partial charge in [0.25, 0.3) is 0 Å². The fourth-order valence-corrected chi connectivity index (χ4v) is 0.575. The highest BCUT2D eigenvalue weighted by Crippen LogP contribution is 2.08. The molecule has 1 N–H and O–H groups in total. The molecule has 1 aromatic rings. The quantitative estimate of drug-likeness (QED) is 0.415. The largest absolute Gasteiger partial charge is 0.508 e. The summed E-state index contributed by atoms with van der Waals surface area (Å²) in [7, 11) is 0. The topological polar surface area (TPSA) is 44.0 Å². The first kappa shape index (κ1) is 5.64. The van der Waals surface area contributed by atoms with E-state index >= 15 is 0 Å². The maximum absolute atomic E-state index is 8.79. The standard InChI is InChI=1S/C7H5NO/c8-5-6-2-1-3-7(9)4-6/h1-4,9H/i5+1,8+1. The normalized spacial score (nSPS) is 8.33. The third kappa shape index (κ3) is 1.20. The van der Waals surface area contributed by atoms with Crippen molar-refractivity contribution in [2.24, 2.45) is 0 Å².